The molecule has 0 aromatic carbocycles. The molecule has 0 fully saturated rings. The molecule has 6 N–H and O–H groups in total. The predicted octanol–water partition coefficient (Wildman–Crippen LogP) is -3.10. The van der Waals surface area contributed by atoms with Gasteiger partial charge in [0.15, 0.2) is 0 Å². The number of hydrogen-bond acceptors (Lipinski definition) is 6. The average molecular weight is 134 g/mol. The quantitative estimate of drug-likeness (QED) is 0.130. The van der Waals surface area contributed by atoms with Crippen molar-refractivity contribution in [1.29, 1.82) is 0 Å². The molecule has 0 aliphatic heterocycles. The third-order valence-electron chi connectivity index (χ3n) is 0.468. The number of carbonyl (C=O) groups excluding carboxylic acids is 2. The maximum Gasteiger partial charge on any atom is 0.418 e. The Labute approximate surface area is 50.2 Å². The van der Waals surface area contributed by atoms with Gasteiger partial charge in [0.25, 0.3) is 0 Å². The SMILES string of the molecule is NNOC(=O)C(=O)NN. The highest BCUT2D eigenvalue weighted by molar-refractivity contribution is 6.32. The molecule has 52 valence electrons. The lowest BCUT2D eigenvalue weighted by Gasteiger charge is -1.96. The number of amides is 1. The summed E-state index contributed by atoms with van der Waals surface area (Å²) in [5.74, 6) is 6.77. The third kappa shape index (κ3) is 2.59. The second kappa shape index (κ2) is 3.78. The minimum absolute atomic E-state index is 1.08. The van der Waals surface area contributed by atoms with E-state index in [2.05, 4.69) is 16.5 Å². The first-order valence-electron chi connectivity index (χ1n) is 1.89. The topological polar surface area (TPSA) is 119 Å². The fraction of sp³-hybridized carbons (Fsp3) is 0. The van der Waals surface area contributed by atoms with E-state index < -0.39 is 11.9 Å². The van der Waals surface area contributed by atoms with Crippen molar-refractivity contribution in [1.82, 2.24) is 11.0 Å². The van der Waals surface area contributed by atoms with Crippen molar-refractivity contribution >= 4 is 11.9 Å². The summed E-state index contributed by atoms with van der Waals surface area (Å²) in [5.41, 5.74) is 3.06. The molecule has 0 heterocycles. The third-order valence-corrected chi connectivity index (χ3v) is 0.468. The van der Waals surface area contributed by atoms with Crippen LogP contribution >= 0.6 is 0 Å². The molecule has 7 heteroatoms. The van der Waals surface area contributed by atoms with Gasteiger partial charge in [-0.05, 0) is 0 Å². The van der Waals surface area contributed by atoms with Gasteiger partial charge in [-0.25, -0.2) is 16.5 Å². The Balaban J connectivity index is 3.60. The van der Waals surface area contributed by atoms with Gasteiger partial charge in [-0.3, -0.25) is 10.2 Å². The van der Waals surface area contributed by atoms with E-state index in [1.807, 2.05) is 0 Å². The average Bonchev–Trinajstić information content (AvgIpc) is 1.87. The molecule has 0 unspecified atom stereocenters. The van der Waals surface area contributed by atoms with Crippen LogP contribution in [0.25, 0.3) is 0 Å². The van der Waals surface area contributed by atoms with Gasteiger partial charge >= 0.3 is 11.9 Å². The molecule has 0 bridgehead atoms. The number of rotatable bonds is 1. The van der Waals surface area contributed by atoms with Crippen molar-refractivity contribution < 1.29 is 14.4 Å². The zero-order chi connectivity index (χ0) is 7.28. The van der Waals surface area contributed by atoms with Crippen LogP contribution in [0.2, 0.25) is 0 Å². The summed E-state index contributed by atoms with van der Waals surface area (Å²) in [7, 11) is 0. The van der Waals surface area contributed by atoms with Crippen LogP contribution in [0, 0.1) is 0 Å². The molecule has 0 atom stereocenters. The molecular weight excluding hydrogens is 128 g/mol. The molecule has 0 aliphatic carbocycles. The molecule has 0 aliphatic rings. The first kappa shape index (κ1) is 7.82. The molecular formula is C2H6N4O3. The summed E-state index contributed by atoms with van der Waals surface area (Å²) in [6.45, 7) is 0. The van der Waals surface area contributed by atoms with E-state index >= 15 is 0 Å². The second-order valence-corrected chi connectivity index (χ2v) is 0.981. The monoisotopic (exact) mass is 134 g/mol. The van der Waals surface area contributed by atoms with Gasteiger partial charge in [-0.15, -0.1) is 0 Å². The zero-order valence-electron chi connectivity index (χ0n) is 4.38. The van der Waals surface area contributed by atoms with Crippen LogP contribution < -0.4 is 22.7 Å². The summed E-state index contributed by atoms with van der Waals surface area (Å²) in [6, 6.07) is 0. The maximum atomic E-state index is 10.1. The highest BCUT2D eigenvalue weighted by Gasteiger charge is 2.11. The van der Waals surface area contributed by atoms with Gasteiger partial charge in [0.2, 0.25) is 0 Å². The molecule has 7 nitrogen and oxygen atoms in total. The Kier molecular flexibility index (Phi) is 3.28. The Bertz CT molecular complexity index is 123. The van der Waals surface area contributed by atoms with Gasteiger partial charge in [-0.1, -0.05) is 5.59 Å². The number of hydrogen-bond donors (Lipinski definition) is 4. The van der Waals surface area contributed by atoms with Crippen LogP contribution in [0.1, 0.15) is 0 Å². The fourth-order valence-electron chi connectivity index (χ4n) is 0.159. The molecule has 0 aromatic heterocycles. The molecule has 0 spiro atoms. The van der Waals surface area contributed by atoms with E-state index in [0.717, 1.165) is 0 Å². The van der Waals surface area contributed by atoms with Crippen molar-refractivity contribution in [2.24, 2.45) is 11.7 Å². The summed E-state index contributed by atoms with van der Waals surface area (Å²) in [5, 5.41) is 0. The second-order valence-electron chi connectivity index (χ2n) is 0.981. The number of nitrogens with one attached hydrogen (secondary N) is 2. The van der Waals surface area contributed by atoms with Crippen molar-refractivity contribution in [3.8, 4) is 0 Å². The van der Waals surface area contributed by atoms with Gasteiger partial charge in [0, 0.05) is 0 Å². The van der Waals surface area contributed by atoms with E-state index in [-0.39, 0.29) is 0 Å². The maximum absolute atomic E-state index is 10.1. The lowest BCUT2D eigenvalue weighted by Crippen LogP contribution is -2.40. The molecule has 0 rings (SSSR count). The van der Waals surface area contributed by atoms with Crippen molar-refractivity contribution in [2.45, 2.75) is 0 Å². The molecule has 0 aromatic rings. The Morgan fingerprint density at radius 2 is 1.89 bits per heavy atom. The summed E-state index contributed by atoms with van der Waals surface area (Å²) in [6.07, 6.45) is 0. The largest absolute Gasteiger partial charge is 0.418 e. The van der Waals surface area contributed by atoms with Gasteiger partial charge in [0.1, 0.15) is 0 Å². The van der Waals surface area contributed by atoms with Crippen molar-refractivity contribution in [3.05, 3.63) is 0 Å². The van der Waals surface area contributed by atoms with Crippen LogP contribution in [0.5, 0.6) is 0 Å². The van der Waals surface area contributed by atoms with E-state index in [9.17, 15) is 9.59 Å². The normalized spacial score (nSPS) is 8.22. The standard InChI is InChI=1S/C2H6N4O3/c3-5-1(7)2(8)9-6-4/h6H,3-4H2,(H,5,7). The molecule has 0 radical (unpaired) electrons. The van der Waals surface area contributed by atoms with Gasteiger partial charge < -0.3 is 4.84 Å². The first-order chi connectivity index (χ1) is 4.22. The van der Waals surface area contributed by atoms with Crippen molar-refractivity contribution in [2.75, 3.05) is 0 Å². The molecule has 0 saturated carbocycles. The summed E-state index contributed by atoms with van der Waals surface area (Å²) >= 11 is 0. The highest BCUT2D eigenvalue weighted by Crippen LogP contribution is 1.67. The van der Waals surface area contributed by atoms with Gasteiger partial charge in [-0.2, -0.15) is 0 Å². The van der Waals surface area contributed by atoms with Gasteiger partial charge in [0.05, 0.1) is 0 Å². The van der Waals surface area contributed by atoms with Crippen LogP contribution in [0.3, 0.4) is 0 Å². The number of hydrazine groups is 2. The fourth-order valence-corrected chi connectivity index (χ4v) is 0.159. The van der Waals surface area contributed by atoms with E-state index in [1.165, 1.54) is 5.59 Å². The molecule has 9 heavy (non-hydrogen) atoms. The summed E-state index contributed by atoms with van der Waals surface area (Å²) in [4.78, 5) is 24.0. The molecule has 0 saturated heterocycles. The van der Waals surface area contributed by atoms with Crippen LogP contribution in [0.15, 0.2) is 0 Å². The first-order valence-corrected chi connectivity index (χ1v) is 1.89. The number of nitrogens with two attached hydrogens (primary N) is 2. The lowest BCUT2D eigenvalue weighted by atomic mass is 10.7. The smallest absolute Gasteiger partial charge is 0.348 e. The lowest BCUT2D eigenvalue weighted by molar-refractivity contribution is -0.160. The Morgan fingerprint density at radius 3 is 2.22 bits per heavy atom. The highest BCUT2D eigenvalue weighted by atomic mass is 16.7. The minimum atomic E-state index is -1.19. The zero-order valence-corrected chi connectivity index (χ0v) is 4.38. The van der Waals surface area contributed by atoms with Crippen LogP contribution in [-0.2, 0) is 14.4 Å². The predicted molar refractivity (Wildman–Crippen MR) is 25.7 cm³/mol. The Morgan fingerprint density at radius 1 is 1.33 bits per heavy atom. The van der Waals surface area contributed by atoms with Crippen LogP contribution in [0.4, 0.5) is 0 Å². The Hall–Kier alpha value is -1.18. The van der Waals surface area contributed by atoms with E-state index in [0.29, 0.717) is 0 Å². The minimum Gasteiger partial charge on any atom is -0.348 e. The van der Waals surface area contributed by atoms with E-state index in [1.54, 1.807) is 5.43 Å². The van der Waals surface area contributed by atoms with Crippen molar-refractivity contribution in [3.63, 3.8) is 0 Å². The molecule has 1 amide bonds. The van der Waals surface area contributed by atoms with Crippen LogP contribution in [-0.4, -0.2) is 11.9 Å². The van der Waals surface area contributed by atoms with E-state index in [4.69, 9.17) is 0 Å². The number of carbonyl (C=O) groups is 2. The summed E-state index contributed by atoms with van der Waals surface area (Å²) < 4.78 is 0.